The van der Waals surface area contributed by atoms with Gasteiger partial charge in [0.15, 0.2) is 5.82 Å². The molecule has 3 aromatic heterocycles. The quantitative estimate of drug-likeness (QED) is 0.174. The highest BCUT2D eigenvalue weighted by Gasteiger charge is 2.20. The van der Waals surface area contributed by atoms with Gasteiger partial charge in [-0.2, -0.15) is 0 Å². The lowest BCUT2D eigenvalue weighted by atomic mass is 9.94. The molecule has 0 saturated carbocycles. The molecule has 0 aliphatic heterocycles. The Morgan fingerprint density at radius 1 is 0.323 bits per heavy atom. The van der Waals surface area contributed by atoms with E-state index in [9.17, 15) is 0 Å². The summed E-state index contributed by atoms with van der Waals surface area (Å²) in [5.41, 5.74) is 10.5. The molecule has 9 aromatic carbocycles. The van der Waals surface area contributed by atoms with Crippen LogP contribution in [0.5, 0.6) is 0 Å². The van der Waals surface area contributed by atoms with Gasteiger partial charge in [0, 0.05) is 50.4 Å². The number of hydrogen-bond acceptors (Lipinski definition) is 2. The van der Waals surface area contributed by atoms with Crippen LogP contribution in [0.1, 0.15) is 0 Å². The predicted molar refractivity (Wildman–Crippen MR) is 260 cm³/mol. The maximum atomic E-state index is 5.14. The summed E-state index contributed by atoms with van der Waals surface area (Å²) < 4.78 is 4.79. The van der Waals surface area contributed by atoms with Gasteiger partial charge in [-0.3, -0.25) is 0 Å². The van der Waals surface area contributed by atoms with E-state index in [-0.39, 0.29) is 0 Å². The summed E-state index contributed by atoms with van der Waals surface area (Å²) in [6, 6.07) is 80.0. The number of benzene rings is 9. The Hall–Kier alpha value is -8.34. The van der Waals surface area contributed by atoms with Crippen molar-refractivity contribution in [2.24, 2.45) is 0 Å². The molecule has 62 heavy (non-hydrogen) atoms. The molecular formula is C58H38N4. The van der Waals surface area contributed by atoms with Crippen molar-refractivity contribution in [2.45, 2.75) is 0 Å². The monoisotopic (exact) mass is 790 g/mol. The van der Waals surface area contributed by atoms with E-state index >= 15 is 0 Å². The van der Waals surface area contributed by atoms with Gasteiger partial charge >= 0.3 is 0 Å². The molecule has 0 aliphatic carbocycles. The van der Waals surface area contributed by atoms with Crippen LogP contribution in [-0.4, -0.2) is 19.1 Å². The minimum atomic E-state index is 0.690. The van der Waals surface area contributed by atoms with Crippen molar-refractivity contribution in [3.63, 3.8) is 0 Å². The van der Waals surface area contributed by atoms with Crippen LogP contribution in [0.3, 0.4) is 0 Å². The molecule has 0 spiro atoms. The topological polar surface area (TPSA) is 35.6 Å². The van der Waals surface area contributed by atoms with Crippen molar-refractivity contribution in [3.8, 4) is 45.3 Å². The largest absolute Gasteiger partial charge is 0.316 e. The van der Waals surface area contributed by atoms with Crippen LogP contribution in [0.4, 0.5) is 0 Å². The molecule has 3 heterocycles. The lowest BCUT2D eigenvalue weighted by Gasteiger charge is -2.13. The van der Waals surface area contributed by atoms with E-state index in [4.69, 9.17) is 9.97 Å². The Bertz CT molecular complexity index is 3660. The molecule has 0 radical (unpaired) electrons. The number of fused-ring (bicyclic) bond motifs is 11. The highest BCUT2D eigenvalue weighted by atomic mass is 15.0. The second kappa shape index (κ2) is 14.7. The summed E-state index contributed by atoms with van der Waals surface area (Å²) in [5.74, 6) is 0.690. The number of nitrogens with zero attached hydrogens (tertiary/aromatic N) is 4. The van der Waals surface area contributed by atoms with Gasteiger partial charge in [-0.05, 0) is 93.0 Å². The van der Waals surface area contributed by atoms with Gasteiger partial charge in [0.1, 0.15) is 0 Å². The van der Waals surface area contributed by atoms with Crippen molar-refractivity contribution in [2.75, 3.05) is 0 Å². The second-order valence-corrected chi connectivity index (χ2v) is 15.8. The maximum Gasteiger partial charge on any atom is 0.160 e. The van der Waals surface area contributed by atoms with Crippen molar-refractivity contribution in [3.05, 3.63) is 231 Å². The van der Waals surface area contributed by atoms with Crippen LogP contribution in [-0.2, 0) is 0 Å². The zero-order chi connectivity index (χ0) is 41.0. The SMILES string of the molecule is c1ccc(-c2cc(-c3ccccc3)nc(-c3ccc(-n4c5ccccc5c5c6cc7ccccc7n(-c7ccccc7)cc7ccccc7c6c6ccccc6c54)cc3)n2)cc1. The van der Waals surface area contributed by atoms with Crippen molar-refractivity contribution in [1.29, 1.82) is 0 Å². The third-order valence-corrected chi connectivity index (χ3v) is 12.1. The minimum Gasteiger partial charge on any atom is -0.316 e. The summed E-state index contributed by atoms with van der Waals surface area (Å²) in [6.45, 7) is 0. The zero-order valence-corrected chi connectivity index (χ0v) is 33.7. The molecule has 0 atom stereocenters. The van der Waals surface area contributed by atoms with E-state index in [0.29, 0.717) is 5.82 Å². The molecule has 0 amide bonds. The van der Waals surface area contributed by atoms with Gasteiger partial charge < -0.3 is 9.13 Å². The van der Waals surface area contributed by atoms with E-state index in [1.807, 2.05) is 12.1 Å². The average molecular weight is 791 g/mol. The number of aromatic nitrogens is 4. The molecule has 0 saturated heterocycles. The second-order valence-electron chi connectivity index (χ2n) is 15.8. The molecule has 12 rings (SSSR count). The van der Waals surface area contributed by atoms with E-state index in [1.165, 1.54) is 43.2 Å². The summed E-state index contributed by atoms with van der Waals surface area (Å²) in [7, 11) is 0. The third-order valence-electron chi connectivity index (χ3n) is 12.1. The molecule has 4 nitrogen and oxygen atoms in total. The number of para-hydroxylation sites is 3. The van der Waals surface area contributed by atoms with E-state index in [0.717, 1.165) is 61.3 Å². The van der Waals surface area contributed by atoms with Gasteiger partial charge in [-0.1, -0.05) is 164 Å². The molecule has 290 valence electrons. The van der Waals surface area contributed by atoms with E-state index < -0.39 is 0 Å². The number of hydrogen-bond donors (Lipinski definition) is 0. The fourth-order valence-electron chi connectivity index (χ4n) is 9.33. The Morgan fingerprint density at radius 3 is 1.53 bits per heavy atom. The standard InChI is InChI=1S/C58H38N4/c1-4-18-39(19-5-1)51-37-52(40-20-6-2-7-21-40)60-58(59-51)41-32-34-45(35-33-41)62-54-31-17-15-29-49(54)56-50-36-42-22-11-16-30-53(42)61(44-24-8-3-9-25-44)38-43-23-10-12-26-46(43)55(50)47-27-13-14-28-48(47)57(56)62/h1-38H. The minimum absolute atomic E-state index is 0.690. The zero-order valence-electron chi connectivity index (χ0n) is 33.7. The van der Waals surface area contributed by atoms with Crippen LogP contribution < -0.4 is 0 Å². The first kappa shape index (κ1) is 35.6. The molecule has 0 N–H and O–H groups in total. The van der Waals surface area contributed by atoms with E-state index in [2.05, 4.69) is 228 Å². The Labute approximate surface area is 358 Å². The lowest BCUT2D eigenvalue weighted by Crippen LogP contribution is -1.97. The summed E-state index contributed by atoms with van der Waals surface area (Å²) in [5, 5.41) is 10.8. The summed E-state index contributed by atoms with van der Waals surface area (Å²) in [4.78, 5) is 10.3. The van der Waals surface area contributed by atoms with E-state index in [1.54, 1.807) is 0 Å². The van der Waals surface area contributed by atoms with Crippen LogP contribution in [0.2, 0.25) is 0 Å². The first-order valence-electron chi connectivity index (χ1n) is 21.1. The molecule has 0 bridgehead atoms. The van der Waals surface area contributed by atoms with Crippen LogP contribution in [0, 0.1) is 0 Å². The maximum absolute atomic E-state index is 5.14. The van der Waals surface area contributed by atoms with Gasteiger partial charge in [0.2, 0.25) is 0 Å². The highest BCUT2D eigenvalue weighted by Crippen LogP contribution is 2.44. The lowest BCUT2D eigenvalue weighted by molar-refractivity contribution is 1.12. The normalized spacial score (nSPS) is 11.5. The Kier molecular flexibility index (Phi) is 8.46. The molecule has 0 unspecified atom stereocenters. The molecular weight excluding hydrogens is 753 g/mol. The first-order chi connectivity index (χ1) is 30.8. The van der Waals surface area contributed by atoms with Crippen molar-refractivity contribution < 1.29 is 0 Å². The smallest absolute Gasteiger partial charge is 0.160 e. The fraction of sp³-hybridized carbons (Fsp3) is 0. The molecule has 0 fully saturated rings. The summed E-state index contributed by atoms with van der Waals surface area (Å²) >= 11 is 0. The van der Waals surface area contributed by atoms with Crippen molar-refractivity contribution in [1.82, 2.24) is 19.1 Å². The molecule has 12 aromatic rings. The van der Waals surface area contributed by atoms with Gasteiger partial charge in [-0.15, -0.1) is 0 Å². The van der Waals surface area contributed by atoms with Crippen molar-refractivity contribution >= 4 is 65.0 Å². The molecule has 4 heteroatoms. The van der Waals surface area contributed by atoms with Gasteiger partial charge in [0.05, 0.1) is 27.9 Å². The van der Waals surface area contributed by atoms with Crippen LogP contribution in [0.25, 0.3) is 110 Å². The third kappa shape index (κ3) is 5.92. The van der Waals surface area contributed by atoms with Gasteiger partial charge in [0.25, 0.3) is 0 Å². The summed E-state index contributed by atoms with van der Waals surface area (Å²) in [6.07, 6.45) is 2.30. The Balaban J connectivity index is 1.16. The molecule has 0 aliphatic rings. The van der Waals surface area contributed by atoms with Gasteiger partial charge in [-0.25, -0.2) is 9.97 Å². The fourth-order valence-corrected chi connectivity index (χ4v) is 9.33. The Morgan fingerprint density at radius 2 is 0.855 bits per heavy atom. The highest BCUT2D eigenvalue weighted by molar-refractivity contribution is 6.36. The average Bonchev–Trinajstić information content (AvgIpc) is 3.72. The first-order valence-corrected chi connectivity index (χ1v) is 21.1. The number of rotatable bonds is 5. The van der Waals surface area contributed by atoms with Crippen LogP contribution in [0.15, 0.2) is 231 Å². The van der Waals surface area contributed by atoms with Crippen LogP contribution >= 0.6 is 0 Å². The predicted octanol–water partition coefficient (Wildman–Crippen LogP) is 15.1.